The van der Waals surface area contributed by atoms with Crippen molar-refractivity contribution in [2.45, 2.75) is 19.6 Å². The van der Waals surface area contributed by atoms with Crippen molar-refractivity contribution < 1.29 is 18.3 Å². The van der Waals surface area contributed by atoms with Crippen LogP contribution in [0.1, 0.15) is 12.0 Å². The van der Waals surface area contributed by atoms with Crippen LogP contribution in [0.25, 0.3) is 0 Å². The predicted octanol–water partition coefficient (Wildman–Crippen LogP) is 2.51. The normalized spacial score (nSPS) is 16.2. The van der Waals surface area contributed by atoms with Crippen molar-refractivity contribution in [1.82, 2.24) is 10.2 Å². The molecule has 1 fully saturated rings. The number of nitrogens with one attached hydrogen (secondary N) is 1. The fourth-order valence-corrected chi connectivity index (χ4v) is 2.32. The van der Waals surface area contributed by atoms with Crippen molar-refractivity contribution in [3.63, 3.8) is 0 Å². The van der Waals surface area contributed by atoms with Gasteiger partial charge in [0.25, 0.3) is 0 Å². The first kappa shape index (κ1) is 17.9. The maximum Gasteiger partial charge on any atom is 0.387 e. The van der Waals surface area contributed by atoms with E-state index in [0.717, 1.165) is 44.7 Å². The van der Waals surface area contributed by atoms with E-state index in [9.17, 15) is 8.78 Å². The van der Waals surface area contributed by atoms with Crippen LogP contribution in [-0.2, 0) is 6.54 Å². The van der Waals surface area contributed by atoms with E-state index in [4.69, 9.17) is 4.74 Å². The van der Waals surface area contributed by atoms with E-state index in [1.807, 2.05) is 0 Å². The maximum atomic E-state index is 12.3. The molecule has 120 valence electrons. The van der Waals surface area contributed by atoms with Gasteiger partial charge in [-0.15, -0.1) is 12.4 Å². The third kappa shape index (κ3) is 5.65. The first-order valence-electron chi connectivity index (χ1n) is 6.74. The Hall–Kier alpha value is -1.11. The number of halogens is 3. The van der Waals surface area contributed by atoms with Crippen molar-refractivity contribution in [1.29, 1.82) is 0 Å². The first-order chi connectivity index (χ1) is 9.69. The summed E-state index contributed by atoms with van der Waals surface area (Å²) < 4.78 is 34.1. The second-order valence-electron chi connectivity index (χ2n) is 4.74. The van der Waals surface area contributed by atoms with Crippen LogP contribution in [0.15, 0.2) is 18.2 Å². The van der Waals surface area contributed by atoms with E-state index < -0.39 is 6.61 Å². The fraction of sp³-hybridized carbons (Fsp3) is 0.571. The minimum absolute atomic E-state index is 0. The van der Waals surface area contributed by atoms with E-state index in [0.29, 0.717) is 5.75 Å². The lowest BCUT2D eigenvalue weighted by molar-refractivity contribution is -0.0512. The van der Waals surface area contributed by atoms with Crippen LogP contribution >= 0.6 is 12.4 Å². The van der Waals surface area contributed by atoms with Gasteiger partial charge in [0.05, 0.1) is 7.11 Å². The summed E-state index contributed by atoms with van der Waals surface area (Å²) in [6.07, 6.45) is 1.11. The van der Waals surface area contributed by atoms with Crippen LogP contribution in [0, 0.1) is 0 Å². The van der Waals surface area contributed by atoms with Crippen LogP contribution < -0.4 is 14.8 Å². The average molecular weight is 323 g/mol. The van der Waals surface area contributed by atoms with E-state index in [1.54, 1.807) is 12.1 Å². The van der Waals surface area contributed by atoms with Crippen molar-refractivity contribution in [2.24, 2.45) is 0 Å². The molecule has 0 saturated carbocycles. The van der Waals surface area contributed by atoms with E-state index >= 15 is 0 Å². The predicted molar refractivity (Wildman–Crippen MR) is 79.6 cm³/mol. The number of benzene rings is 1. The Morgan fingerprint density at radius 1 is 1.24 bits per heavy atom. The van der Waals surface area contributed by atoms with Gasteiger partial charge in [-0.1, -0.05) is 6.07 Å². The molecular formula is C14H21ClF2N2O2. The third-order valence-corrected chi connectivity index (χ3v) is 3.28. The third-order valence-electron chi connectivity index (χ3n) is 3.28. The molecule has 21 heavy (non-hydrogen) atoms. The molecule has 0 radical (unpaired) electrons. The van der Waals surface area contributed by atoms with Crippen LogP contribution in [0.3, 0.4) is 0 Å². The fourth-order valence-electron chi connectivity index (χ4n) is 2.32. The van der Waals surface area contributed by atoms with Crippen molar-refractivity contribution in [3.8, 4) is 11.5 Å². The quantitative estimate of drug-likeness (QED) is 0.903. The monoisotopic (exact) mass is 322 g/mol. The molecule has 1 aliphatic rings. The molecule has 1 aromatic carbocycles. The highest BCUT2D eigenvalue weighted by molar-refractivity contribution is 5.85. The molecule has 0 unspecified atom stereocenters. The molecule has 1 heterocycles. The number of alkyl halides is 2. The Kier molecular flexibility index (Phi) is 7.71. The van der Waals surface area contributed by atoms with E-state index in [1.165, 1.54) is 13.2 Å². The van der Waals surface area contributed by atoms with Crippen molar-refractivity contribution >= 4 is 12.4 Å². The van der Waals surface area contributed by atoms with Crippen LogP contribution in [0.2, 0.25) is 0 Å². The molecule has 4 nitrogen and oxygen atoms in total. The van der Waals surface area contributed by atoms with Gasteiger partial charge >= 0.3 is 6.61 Å². The van der Waals surface area contributed by atoms with Gasteiger partial charge in [-0.05, 0) is 37.2 Å². The standard InChI is InChI=1S/C14H20F2N2O2.ClH/c1-19-13-9-11(3-4-12(13)20-14(15)16)10-18-7-2-5-17-6-8-18;/h3-4,9,14,17H,2,5-8,10H2,1H3;1H. The number of methoxy groups -OCH3 is 1. The minimum Gasteiger partial charge on any atom is -0.493 e. The Morgan fingerprint density at radius 2 is 2.05 bits per heavy atom. The molecule has 0 aliphatic carbocycles. The van der Waals surface area contributed by atoms with Gasteiger partial charge in [-0.3, -0.25) is 4.90 Å². The molecule has 0 aromatic heterocycles. The molecule has 0 spiro atoms. The summed E-state index contributed by atoms with van der Waals surface area (Å²) in [5.41, 5.74) is 1.03. The number of ether oxygens (including phenoxy) is 2. The summed E-state index contributed by atoms with van der Waals surface area (Å²) in [4.78, 5) is 2.34. The zero-order valence-corrected chi connectivity index (χ0v) is 12.8. The van der Waals surface area contributed by atoms with Gasteiger partial charge in [0.1, 0.15) is 0 Å². The number of hydrogen-bond acceptors (Lipinski definition) is 4. The van der Waals surface area contributed by atoms with Gasteiger partial charge in [0, 0.05) is 19.6 Å². The zero-order valence-electron chi connectivity index (χ0n) is 12.0. The Morgan fingerprint density at radius 3 is 2.76 bits per heavy atom. The van der Waals surface area contributed by atoms with Gasteiger partial charge in [0.15, 0.2) is 11.5 Å². The topological polar surface area (TPSA) is 33.7 Å². The van der Waals surface area contributed by atoms with Crippen LogP contribution in [0.5, 0.6) is 11.5 Å². The molecule has 0 atom stereocenters. The van der Waals surface area contributed by atoms with E-state index in [-0.39, 0.29) is 18.2 Å². The SMILES string of the molecule is COc1cc(CN2CCCNCC2)ccc1OC(F)F.Cl. The lowest BCUT2D eigenvalue weighted by Gasteiger charge is -2.20. The van der Waals surface area contributed by atoms with Gasteiger partial charge in [-0.25, -0.2) is 0 Å². The summed E-state index contributed by atoms with van der Waals surface area (Å²) in [7, 11) is 1.45. The second kappa shape index (κ2) is 9.02. The number of nitrogens with zero attached hydrogens (tertiary/aromatic N) is 1. The van der Waals surface area contributed by atoms with Gasteiger partial charge in [0.2, 0.25) is 0 Å². The van der Waals surface area contributed by atoms with Crippen LogP contribution in [0.4, 0.5) is 8.78 Å². The van der Waals surface area contributed by atoms with Crippen molar-refractivity contribution in [3.05, 3.63) is 23.8 Å². The Balaban J connectivity index is 0.00000220. The molecule has 0 amide bonds. The molecule has 1 aromatic rings. The highest BCUT2D eigenvalue weighted by Gasteiger charge is 2.13. The molecule has 0 bridgehead atoms. The smallest absolute Gasteiger partial charge is 0.387 e. The summed E-state index contributed by atoms with van der Waals surface area (Å²) in [6.45, 7) is 1.98. The molecule has 1 N–H and O–H groups in total. The average Bonchev–Trinajstić information content (AvgIpc) is 2.68. The number of hydrogen-bond donors (Lipinski definition) is 1. The largest absolute Gasteiger partial charge is 0.493 e. The second-order valence-corrected chi connectivity index (χ2v) is 4.74. The summed E-state index contributed by atoms with van der Waals surface area (Å²) in [6, 6.07) is 5.10. The molecule has 1 saturated heterocycles. The maximum absolute atomic E-state index is 12.3. The summed E-state index contributed by atoms with van der Waals surface area (Å²) in [5, 5.41) is 3.35. The Labute approximate surface area is 129 Å². The molecular weight excluding hydrogens is 302 g/mol. The molecule has 7 heteroatoms. The first-order valence-corrected chi connectivity index (χ1v) is 6.74. The molecule has 2 rings (SSSR count). The minimum atomic E-state index is -2.84. The lowest BCUT2D eigenvalue weighted by Crippen LogP contribution is -2.27. The summed E-state index contributed by atoms with van der Waals surface area (Å²) in [5.74, 6) is 0.416. The van der Waals surface area contributed by atoms with E-state index in [2.05, 4.69) is 15.0 Å². The highest BCUT2D eigenvalue weighted by atomic mass is 35.5. The number of rotatable bonds is 5. The van der Waals surface area contributed by atoms with Crippen molar-refractivity contribution in [2.75, 3.05) is 33.3 Å². The van der Waals surface area contributed by atoms with Gasteiger partial charge in [-0.2, -0.15) is 8.78 Å². The highest BCUT2D eigenvalue weighted by Crippen LogP contribution is 2.29. The van der Waals surface area contributed by atoms with Gasteiger partial charge < -0.3 is 14.8 Å². The zero-order chi connectivity index (χ0) is 14.4. The van der Waals surface area contributed by atoms with Crippen LogP contribution in [-0.4, -0.2) is 44.8 Å². The Bertz CT molecular complexity index is 427. The molecule has 1 aliphatic heterocycles. The lowest BCUT2D eigenvalue weighted by atomic mass is 10.2. The summed E-state index contributed by atoms with van der Waals surface area (Å²) >= 11 is 0.